The zero-order valence-electron chi connectivity index (χ0n) is 14.3. The molecule has 0 saturated heterocycles. The average Bonchev–Trinajstić information content (AvgIpc) is 2.64. The van der Waals surface area contributed by atoms with Crippen molar-refractivity contribution in [2.75, 3.05) is 7.11 Å². The van der Waals surface area contributed by atoms with Crippen LogP contribution in [0.3, 0.4) is 0 Å². The third-order valence-corrected chi connectivity index (χ3v) is 4.51. The molecule has 2 rings (SSSR count). The van der Waals surface area contributed by atoms with Crippen molar-refractivity contribution in [3.05, 3.63) is 78.6 Å². The van der Waals surface area contributed by atoms with Crippen LogP contribution in [-0.2, 0) is 5.75 Å². The number of rotatable bonds is 9. The molecule has 0 unspecified atom stereocenters. The lowest BCUT2D eigenvalue weighted by Crippen LogP contribution is -1.96. The predicted octanol–water partition coefficient (Wildman–Crippen LogP) is 6.24. The first kappa shape index (κ1) is 18.2. The van der Waals surface area contributed by atoms with Gasteiger partial charge in [-0.15, -0.1) is 11.8 Å². The fourth-order valence-corrected chi connectivity index (χ4v) is 3.02. The fourth-order valence-electron chi connectivity index (χ4n) is 2.14. The molecule has 0 amide bonds. The first-order valence-electron chi connectivity index (χ1n) is 8.12. The largest absolute Gasteiger partial charge is 0.493 e. The summed E-state index contributed by atoms with van der Waals surface area (Å²) in [4.78, 5) is 1.15. The predicted molar refractivity (Wildman–Crippen MR) is 103 cm³/mol. The molecule has 0 heterocycles. The maximum absolute atomic E-state index is 5.91. The molecule has 24 heavy (non-hydrogen) atoms. The molecule has 0 fully saturated rings. The Kier molecular flexibility index (Phi) is 7.50. The number of hydrogen-bond donors (Lipinski definition) is 0. The quantitative estimate of drug-likeness (QED) is 0.306. The van der Waals surface area contributed by atoms with Crippen molar-refractivity contribution in [2.24, 2.45) is 0 Å². The van der Waals surface area contributed by atoms with Crippen LogP contribution in [0, 0.1) is 0 Å². The van der Waals surface area contributed by atoms with Gasteiger partial charge in [-0.3, -0.25) is 0 Å². The van der Waals surface area contributed by atoms with Gasteiger partial charge in [0.05, 0.1) is 7.11 Å². The maximum Gasteiger partial charge on any atom is 0.169 e. The Bertz CT molecular complexity index is 677. The summed E-state index contributed by atoms with van der Waals surface area (Å²) in [6.07, 6.45) is 5.82. The van der Waals surface area contributed by atoms with E-state index in [4.69, 9.17) is 9.47 Å². The van der Waals surface area contributed by atoms with Gasteiger partial charge in [0, 0.05) is 10.6 Å². The molecule has 0 aliphatic rings. The zero-order chi connectivity index (χ0) is 17.2. The zero-order valence-corrected chi connectivity index (χ0v) is 15.1. The van der Waals surface area contributed by atoms with Gasteiger partial charge in [0.1, 0.15) is 5.76 Å². The number of methoxy groups -OCH3 is 1. The van der Waals surface area contributed by atoms with Gasteiger partial charge in [-0.25, -0.2) is 0 Å². The lowest BCUT2D eigenvalue weighted by Gasteiger charge is -2.12. The summed E-state index contributed by atoms with van der Waals surface area (Å²) in [5, 5.41) is 0. The summed E-state index contributed by atoms with van der Waals surface area (Å²) in [5.41, 5.74) is 1.30. The van der Waals surface area contributed by atoms with E-state index in [0.717, 1.165) is 35.0 Å². The van der Waals surface area contributed by atoms with E-state index in [1.54, 1.807) is 24.9 Å². The summed E-state index contributed by atoms with van der Waals surface area (Å²) < 4.78 is 11.4. The van der Waals surface area contributed by atoms with Gasteiger partial charge in [-0.2, -0.15) is 0 Å². The summed E-state index contributed by atoms with van der Waals surface area (Å²) in [6, 6.07) is 16.5. The van der Waals surface area contributed by atoms with E-state index < -0.39 is 0 Å². The third-order valence-electron chi connectivity index (χ3n) is 3.45. The van der Waals surface area contributed by atoms with Crippen LogP contribution in [0.4, 0.5) is 0 Å². The number of ether oxygens (including phenoxy) is 2. The SMILES string of the molecule is C=C/C(=C\CCC)Oc1ccc(SCc2ccccc2)cc1OC. The Morgan fingerprint density at radius 3 is 2.58 bits per heavy atom. The Balaban J connectivity index is 2.08. The summed E-state index contributed by atoms with van der Waals surface area (Å²) in [7, 11) is 1.66. The number of unbranched alkanes of at least 4 members (excludes halogenated alkanes) is 1. The molecule has 2 aromatic rings. The van der Waals surface area contributed by atoms with E-state index in [1.807, 2.05) is 24.3 Å². The highest BCUT2D eigenvalue weighted by Crippen LogP contribution is 2.34. The summed E-state index contributed by atoms with van der Waals surface area (Å²) in [5.74, 6) is 3.14. The lowest BCUT2D eigenvalue weighted by molar-refractivity contribution is 0.366. The van der Waals surface area contributed by atoms with Crippen LogP contribution in [0.1, 0.15) is 25.3 Å². The molecule has 0 spiro atoms. The summed E-state index contributed by atoms with van der Waals surface area (Å²) in [6.45, 7) is 5.94. The molecule has 0 radical (unpaired) electrons. The average molecular weight is 340 g/mol. The van der Waals surface area contributed by atoms with Gasteiger partial charge in [0.15, 0.2) is 11.5 Å². The van der Waals surface area contributed by atoms with Crippen LogP contribution < -0.4 is 9.47 Å². The minimum Gasteiger partial charge on any atom is -0.493 e. The van der Waals surface area contributed by atoms with E-state index in [1.165, 1.54) is 5.56 Å². The van der Waals surface area contributed by atoms with Crippen LogP contribution in [-0.4, -0.2) is 7.11 Å². The highest BCUT2D eigenvalue weighted by Gasteiger charge is 2.08. The van der Waals surface area contributed by atoms with Crippen molar-refractivity contribution < 1.29 is 9.47 Å². The second-order valence-corrected chi connectivity index (χ2v) is 6.34. The van der Waals surface area contributed by atoms with Gasteiger partial charge >= 0.3 is 0 Å². The molecule has 0 aliphatic carbocycles. The van der Waals surface area contributed by atoms with Crippen molar-refractivity contribution in [1.82, 2.24) is 0 Å². The fraction of sp³-hybridized carbons (Fsp3) is 0.238. The Hall–Kier alpha value is -2.13. The topological polar surface area (TPSA) is 18.5 Å². The standard InChI is InChI=1S/C21H24O2S/c1-4-6-12-18(5-2)23-20-14-13-19(15-21(20)22-3)24-16-17-10-8-7-9-11-17/h5,7-15H,2,4,6,16H2,1,3H3/b18-12+. The second kappa shape index (κ2) is 9.89. The summed E-state index contributed by atoms with van der Waals surface area (Å²) >= 11 is 1.78. The van der Waals surface area contributed by atoms with Crippen molar-refractivity contribution in [3.63, 3.8) is 0 Å². The molecular weight excluding hydrogens is 316 g/mol. The number of thioether (sulfide) groups is 1. The number of hydrogen-bond acceptors (Lipinski definition) is 3. The smallest absolute Gasteiger partial charge is 0.169 e. The molecule has 0 N–H and O–H groups in total. The third kappa shape index (κ3) is 5.50. The first-order chi connectivity index (χ1) is 11.8. The van der Waals surface area contributed by atoms with Crippen LogP contribution >= 0.6 is 11.8 Å². The van der Waals surface area contributed by atoms with Crippen LogP contribution in [0.2, 0.25) is 0 Å². The van der Waals surface area contributed by atoms with Gasteiger partial charge in [-0.05, 0) is 42.3 Å². The molecule has 0 saturated carbocycles. The first-order valence-corrected chi connectivity index (χ1v) is 9.10. The highest BCUT2D eigenvalue weighted by molar-refractivity contribution is 7.98. The van der Waals surface area contributed by atoms with E-state index in [0.29, 0.717) is 5.75 Å². The van der Waals surface area contributed by atoms with E-state index in [2.05, 4.69) is 43.8 Å². The van der Waals surface area contributed by atoms with Crippen molar-refractivity contribution >= 4 is 11.8 Å². The molecule has 0 atom stereocenters. The van der Waals surface area contributed by atoms with E-state index in [9.17, 15) is 0 Å². The molecule has 2 aromatic carbocycles. The molecule has 0 aliphatic heterocycles. The molecule has 126 valence electrons. The highest BCUT2D eigenvalue weighted by atomic mass is 32.2. The molecule has 0 aromatic heterocycles. The van der Waals surface area contributed by atoms with Gasteiger partial charge in [-0.1, -0.05) is 50.3 Å². The van der Waals surface area contributed by atoms with Crippen LogP contribution in [0.5, 0.6) is 11.5 Å². The minimum absolute atomic E-state index is 0.712. The number of benzene rings is 2. The Morgan fingerprint density at radius 1 is 1.12 bits per heavy atom. The Labute approximate surface area is 149 Å². The Morgan fingerprint density at radius 2 is 1.92 bits per heavy atom. The molecule has 0 bridgehead atoms. The molecular formula is C21H24O2S. The van der Waals surface area contributed by atoms with Gasteiger partial charge in [0.2, 0.25) is 0 Å². The van der Waals surface area contributed by atoms with Crippen LogP contribution in [0.25, 0.3) is 0 Å². The monoisotopic (exact) mass is 340 g/mol. The normalized spacial score (nSPS) is 11.2. The van der Waals surface area contributed by atoms with Gasteiger partial charge < -0.3 is 9.47 Å². The van der Waals surface area contributed by atoms with Crippen molar-refractivity contribution in [1.29, 1.82) is 0 Å². The second-order valence-electron chi connectivity index (χ2n) is 5.29. The number of allylic oxidation sites excluding steroid dienone is 2. The van der Waals surface area contributed by atoms with Crippen LogP contribution in [0.15, 0.2) is 77.9 Å². The van der Waals surface area contributed by atoms with Crippen molar-refractivity contribution in [3.8, 4) is 11.5 Å². The van der Waals surface area contributed by atoms with Gasteiger partial charge in [0.25, 0.3) is 0 Å². The molecule has 3 heteroatoms. The maximum atomic E-state index is 5.91. The van der Waals surface area contributed by atoms with E-state index in [-0.39, 0.29) is 0 Å². The van der Waals surface area contributed by atoms with Crippen molar-refractivity contribution in [2.45, 2.75) is 30.4 Å². The molecule has 2 nitrogen and oxygen atoms in total. The lowest BCUT2D eigenvalue weighted by atomic mass is 10.2. The van der Waals surface area contributed by atoms with E-state index >= 15 is 0 Å². The minimum atomic E-state index is 0.712.